The summed E-state index contributed by atoms with van der Waals surface area (Å²) in [6, 6.07) is 6.40. The maximum atomic E-state index is 12.0. The first-order chi connectivity index (χ1) is 11.0. The minimum Gasteiger partial charge on any atom is -0.356 e. The van der Waals surface area contributed by atoms with Crippen LogP contribution in [0, 0.1) is 5.92 Å². The lowest BCUT2D eigenvalue weighted by Crippen LogP contribution is -2.28. The third-order valence-corrected chi connectivity index (χ3v) is 5.59. The van der Waals surface area contributed by atoms with Gasteiger partial charge in [0.2, 0.25) is 21.4 Å². The number of amides is 1. The van der Waals surface area contributed by atoms with Crippen LogP contribution in [0.2, 0.25) is 0 Å². The van der Waals surface area contributed by atoms with Gasteiger partial charge in [-0.3, -0.25) is 9.59 Å². The SMILES string of the molecule is O=CS(=O)(=O)c1ccccc1CCNC(=O)CC1CCCCC1. The van der Waals surface area contributed by atoms with Crippen molar-refractivity contribution in [2.24, 2.45) is 5.92 Å². The Labute approximate surface area is 137 Å². The molecule has 0 unspecified atom stereocenters. The third-order valence-electron chi connectivity index (χ3n) is 4.32. The highest BCUT2D eigenvalue weighted by molar-refractivity contribution is 8.04. The van der Waals surface area contributed by atoms with E-state index in [0.717, 1.165) is 12.8 Å². The van der Waals surface area contributed by atoms with Crippen LogP contribution in [0.5, 0.6) is 0 Å². The molecule has 1 N–H and O–H groups in total. The molecule has 6 heteroatoms. The van der Waals surface area contributed by atoms with Crippen LogP contribution in [0.4, 0.5) is 0 Å². The van der Waals surface area contributed by atoms with E-state index in [1.165, 1.54) is 25.3 Å². The van der Waals surface area contributed by atoms with Crippen molar-refractivity contribution in [2.75, 3.05) is 6.54 Å². The summed E-state index contributed by atoms with van der Waals surface area (Å²) in [4.78, 5) is 22.7. The number of sulfone groups is 1. The molecule has 0 spiro atoms. The molecule has 1 saturated carbocycles. The van der Waals surface area contributed by atoms with Crippen LogP contribution in [0.15, 0.2) is 29.2 Å². The molecule has 23 heavy (non-hydrogen) atoms. The van der Waals surface area contributed by atoms with Crippen molar-refractivity contribution < 1.29 is 18.0 Å². The fourth-order valence-corrected chi connectivity index (χ4v) is 4.01. The Bertz CT molecular complexity index is 648. The molecule has 0 aromatic heterocycles. The van der Waals surface area contributed by atoms with Gasteiger partial charge in [-0.05, 0) is 36.8 Å². The van der Waals surface area contributed by atoms with Gasteiger partial charge < -0.3 is 5.32 Å². The smallest absolute Gasteiger partial charge is 0.238 e. The second-order valence-corrected chi connectivity index (χ2v) is 7.78. The fourth-order valence-electron chi connectivity index (χ4n) is 3.10. The van der Waals surface area contributed by atoms with Gasteiger partial charge in [-0.25, -0.2) is 8.42 Å². The minimum absolute atomic E-state index is 0.0209. The van der Waals surface area contributed by atoms with Gasteiger partial charge in [-0.2, -0.15) is 0 Å². The van der Waals surface area contributed by atoms with Crippen LogP contribution in [0.1, 0.15) is 44.1 Å². The second-order valence-electron chi connectivity index (χ2n) is 6.06. The predicted molar refractivity (Wildman–Crippen MR) is 88.3 cm³/mol. The van der Waals surface area contributed by atoms with Crippen LogP contribution < -0.4 is 5.32 Å². The van der Waals surface area contributed by atoms with Gasteiger partial charge in [0.05, 0.1) is 4.90 Å². The monoisotopic (exact) mass is 337 g/mol. The molecular weight excluding hydrogens is 314 g/mol. The molecule has 1 aliphatic carbocycles. The van der Waals surface area contributed by atoms with Gasteiger partial charge in [0.1, 0.15) is 0 Å². The maximum Gasteiger partial charge on any atom is 0.238 e. The number of rotatable bonds is 7. The van der Waals surface area contributed by atoms with Gasteiger partial charge in [0.25, 0.3) is 0 Å². The molecule has 0 atom stereocenters. The lowest BCUT2D eigenvalue weighted by atomic mass is 9.87. The molecule has 1 aliphatic rings. The molecule has 0 aliphatic heterocycles. The molecule has 0 bridgehead atoms. The number of benzene rings is 1. The van der Waals surface area contributed by atoms with E-state index in [1.807, 2.05) is 0 Å². The van der Waals surface area contributed by atoms with Crippen LogP contribution in [-0.4, -0.2) is 26.5 Å². The van der Waals surface area contributed by atoms with E-state index in [9.17, 15) is 18.0 Å². The van der Waals surface area contributed by atoms with Gasteiger partial charge in [0, 0.05) is 13.0 Å². The first-order valence-electron chi connectivity index (χ1n) is 8.08. The Morgan fingerprint density at radius 1 is 1.17 bits per heavy atom. The molecule has 0 radical (unpaired) electrons. The van der Waals surface area contributed by atoms with Crippen molar-refractivity contribution in [3.05, 3.63) is 29.8 Å². The van der Waals surface area contributed by atoms with Gasteiger partial charge in [0.15, 0.2) is 0 Å². The van der Waals surface area contributed by atoms with Crippen molar-refractivity contribution in [3.8, 4) is 0 Å². The highest BCUT2D eigenvalue weighted by Gasteiger charge is 2.18. The molecule has 2 rings (SSSR count). The van der Waals surface area contributed by atoms with Crippen LogP contribution in [-0.2, 0) is 25.8 Å². The van der Waals surface area contributed by atoms with E-state index < -0.39 is 9.84 Å². The van der Waals surface area contributed by atoms with E-state index in [2.05, 4.69) is 5.32 Å². The Balaban J connectivity index is 1.86. The van der Waals surface area contributed by atoms with Crippen molar-refractivity contribution >= 4 is 21.4 Å². The topological polar surface area (TPSA) is 80.3 Å². The van der Waals surface area contributed by atoms with Crippen LogP contribution >= 0.6 is 0 Å². The minimum atomic E-state index is -3.90. The Morgan fingerprint density at radius 2 is 1.87 bits per heavy atom. The summed E-state index contributed by atoms with van der Waals surface area (Å²) < 4.78 is 23.5. The number of hydrogen-bond donors (Lipinski definition) is 1. The van der Waals surface area contributed by atoms with E-state index in [-0.39, 0.29) is 16.4 Å². The van der Waals surface area contributed by atoms with E-state index in [4.69, 9.17) is 0 Å². The number of carbonyl (C=O) groups excluding carboxylic acids is 2. The first kappa shape index (κ1) is 17.7. The fraction of sp³-hybridized carbons (Fsp3) is 0.529. The number of hydrogen-bond acceptors (Lipinski definition) is 4. The molecule has 1 aromatic carbocycles. The van der Waals surface area contributed by atoms with Gasteiger partial charge in [-0.15, -0.1) is 0 Å². The maximum absolute atomic E-state index is 12.0. The normalized spacial score (nSPS) is 16.0. The molecule has 5 nitrogen and oxygen atoms in total. The molecule has 1 fully saturated rings. The summed E-state index contributed by atoms with van der Waals surface area (Å²) in [6.07, 6.45) is 6.85. The molecule has 0 heterocycles. The highest BCUT2D eigenvalue weighted by Crippen LogP contribution is 2.26. The summed E-state index contributed by atoms with van der Waals surface area (Å²) in [5.41, 5.74) is 0.519. The Kier molecular flexibility index (Phi) is 6.33. The van der Waals surface area contributed by atoms with Crippen molar-refractivity contribution in [1.82, 2.24) is 5.32 Å². The number of carbonyl (C=O) groups is 2. The standard InChI is InChI=1S/C17H23NO4S/c19-13-23(21,22)16-9-5-4-8-15(16)10-11-18-17(20)12-14-6-2-1-3-7-14/h4-5,8-9,13-14H,1-3,6-7,10-12H2,(H,18,20). The average molecular weight is 337 g/mol. The van der Waals surface area contributed by atoms with E-state index >= 15 is 0 Å². The largest absolute Gasteiger partial charge is 0.356 e. The van der Waals surface area contributed by atoms with Gasteiger partial charge in [-0.1, -0.05) is 37.5 Å². The third kappa shape index (κ3) is 5.16. The van der Waals surface area contributed by atoms with Crippen molar-refractivity contribution in [2.45, 2.75) is 49.8 Å². The van der Waals surface area contributed by atoms with Crippen molar-refractivity contribution in [1.29, 1.82) is 0 Å². The van der Waals surface area contributed by atoms with Crippen molar-refractivity contribution in [3.63, 3.8) is 0 Å². The quantitative estimate of drug-likeness (QED) is 0.774. The van der Waals surface area contributed by atoms with Gasteiger partial charge >= 0.3 is 0 Å². The lowest BCUT2D eigenvalue weighted by molar-refractivity contribution is -0.122. The highest BCUT2D eigenvalue weighted by atomic mass is 32.2. The summed E-state index contributed by atoms with van der Waals surface area (Å²) in [7, 11) is -3.90. The Hall–Kier alpha value is -1.69. The average Bonchev–Trinajstić information content (AvgIpc) is 2.56. The molecule has 126 valence electrons. The van der Waals surface area contributed by atoms with Crippen LogP contribution in [0.3, 0.4) is 0 Å². The number of nitrogens with one attached hydrogen (secondary N) is 1. The molecular formula is C17H23NO4S. The summed E-state index contributed by atoms with van der Waals surface area (Å²) in [6.45, 7) is 0.372. The lowest BCUT2D eigenvalue weighted by Gasteiger charge is -2.20. The molecule has 1 amide bonds. The van der Waals surface area contributed by atoms with Crippen LogP contribution in [0.25, 0.3) is 0 Å². The first-order valence-corrected chi connectivity index (χ1v) is 9.62. The molecule has 1 aromatic rings. The second kappa shape index (κ2) is 8.24. The predicted octanol–water partition coefficient (Wildman–Crippen LogP) is 2.28. The van der Waals surface area contributed by atoms with E-state index in [1.54, 1.807) is 18.2 Å². The summed E-state index contributed by atoms with van der Waals surface area (Å²) in [5, 5.41) is 2.85. The van der Waals surface area contributed by atoms with E-state index in [0.29, 0.717) is 30.9 Å². The zero-order valence-corrected chi connectivity index (χ0v) is 14.0. The molecule has 0 saturated heterocycles. The zero-order chi connectivity index (χ0) is 16.7. The Morgan fingerprint density at radius 3 is 2.57 bits per heavy atom. The summed E-state index contributed by atoms with van der Waals surface area (Å²) >= 11 is 0. The zero-order valence-electron chi connectivity index (χ0n) is 13.2. The summed E-state index contributed by atoms with van der Waals surface area (Å²) in [5.74, 6) is 0.499.